The van der Waals surface area contributed by atoms with Gasteiger partial charge in [0, 0.05) is 0 Å². The van der Waals surface area contributed by atoms with Gasteiger partial charge in [-0.1, -0.05) is 19.4 Å². The molecule has 2 nitrogen and oxygen atoms in total. The van der Waals surface area contributed by atoms with Crippen molar-refractivity contribution in [3.05, 3.63) is 12.2 Å². The number of ether oxygens (including phenoxy) is 1. The van der Waals surface area contributed by atoms with Crippen molar-refractivity contribution in [2.45, 2.75) is 58.5 Å². The lowest BCUT2D eigenvalue weighted by atomic mass is 9.77. The van der Waals surface area contributed by atoms with Crippen LogP contribution in [0.15, 0.2) is 12.2 Å². The van der Waals surface area contributed by atoms with Crippen molar-refractivity contribution in [1.82, 2.24) is 5.32 Å². The molecule has 0 aromatic rings. The molecule has 1 saturated carbocycles. The first kappa shape index (κ1) is 14.7. The van der Waals surface area contributed by atoms with Crippen molar-refractivity contribution in [2.24, 2.45) is 5.92 Å². The molecule has 100 valence electrons. The first-order valence-electron chi connectivity index (χ1n) is 7.03. The summed E-state index contributed by atoms with van der Waals surface area (Å²) in [6, 6.07) is 0. The van der Waals surface area contributed by atoms with E-state index in [4.69, 9.17) is 4.74 Å². The molecule has 0 amide bonds. The van der Waals surface area contributed by atoms with Crippen LogP contribution in [-0.4, -0.2) is 25.3 Å². The summed E-state index contributed by atoms with van der Waals surface area (Å²) in [6.45, 7) is 13.5. The van der Waals surface area contributed by atoms with Crippen molar-refractivity contribution in [3.8, 4) is 0 Å². The molecular formula is C15H29NO. The predicted octanol–water partition coefficient (Wildman–Crippen LogP) is 3.53. The van der Waals surface area contributed by atoms with Gasteiger partial charge in [-0.25, -0.2) is 0 Å². The van der Waals surface area contributed by atoms with Crippen LogP contribution in [-0.2, 0) is 4.74 Å². The Morgan fingerprint density at radius 3 is 2.59 bits per heavy atom. The van der Waals surface area contributed by atoms with Crippen LogP contribution in [0.5, 0.6) is 0 Å². The van der Waals surface area contributed by atoms with Crippen LogP contribution in [0, 0.1) is 5.92 Å². The van der Waals surface area contributed by atoms with Gasteiger partial charge in [-0.05, 0) is 58.0 Å². The zero-order chi connectivity index (χ0) is 12.7. The van der Waals surface area contributed by atoms with E-state index in [9.17, 15) is 0 Å². The molecular weight excluding hydrogens is 210 g/mol. The average Bonchev–Trinajstić information content (AvgIpc) is 2.18. The third-order valence-corrected chi connectivity index (χ3v) is 3.51. The Hall–Kier alpha value is -0.340. The minimum absolute atomic E-state index is 0.194. The highest BCUT2D eigenvalue weighted by atomic mass is 16.5. The fourth-order valence-corrected chi connectivity index (χ4v) is 2.19. The summed E-state index contributed by atoms with van der Waals surface area (Å²) in [6.07, 6.45) is 5.98. The second-order valence-electron chi connectivity index (χ2n) is 5.94. The van der Waals surface area contributed by atoms with Gasteiger partial charge < -0.3 is 10.1 Å². The van der Waals surface area contributed by atoms with Crippen LogP contribution in [0.1, 0.15) is 52.9 Å². The SMILES string of the molecule is C=C(C)CCOC1(CCNCC(C)C)CCC1. The monoisotopic (exact) mass is 239 g/mol. The number of hydrogen-bond donors (Lipinski definition) is 1. The molecule has 1 N–H and O–H groups in total. The number of nitrogens with one attached hydrogen (secondary N) is 1. The molecule has 2 heteroatoms. The Morgan fingerprint density at radius 2 is 2.12 bits per heavy atom. The fraction of sp³-hybridized carbons (Fsp3) is 0.867. The normalized spacial score (nSPS) is 18.1. The maximum atomic E-state index is 6.08. The molecule has 0 radical (unpaired) electrons. The van der Waals surface area contributed by atoms with E-state index in [2.05, 4.69) is 32.7 Å². The van der Waals surface area contributed by atoms with Gasteiger partial charge in [0.15, 0.2) is 0 Å². The predicted molar refractivity (Wildman–Crippen MR) is 74.3 cm³/mol. The third kappa shape index (κ3) is 5.69. The molecule has 0 atom stereocenters. The van der Waals surface area contributed by atoms with Gasteiger partial charge in [0.25, 0.3) is 0 Å². The maximum Gasteiger partial charge on any atom is 0.0694 e. The Labute approximate surface area is 107 Å². The smallest absolute Gasteiger partial charge is 0.0694 e. The van der Waals surface area contributed by atoms with Crippen LogP contribution in [0.4, 0.5) is 0 Å². The van der Waals surface area contributed by atoms with Crippen LogP contribution in [0.2, 0.25) is 0 Å². The zero-order valence-corrected chi connectivity index (χ0v) is 11.8. The van der Waals surface area contributed by atoms with Crippen LogP contribution >= 0.6 is 0 Å². The minimum Gasteiger partial charge on any atom is -0.375 e. The van der Waals surface area contributed by atoms with Crippen molar-refractivity contribution in [3.63, 3.8) is 0 Å². The summed E-state index contributed by atoms with van der Waals surface area (Å²) in [5.41, 5.74) is 1.41. The number of hydrogen-bond acceptors (Lipinski definition) is 2. The summed E-state index contributed by atoms with van der Waals surface area (Å²) < 4.78 is 6.08. The summed E-state index contributed by atoms with van der Waals surface area (Å²) in [7, 11) is 0. The highest BCUT2D eigenvalue weighted by Gasteiger charge is 2.37. The van der Waals surface area contributed by atoms with Crippen LogP contribution in [0.3, 0.4) is 0 Å². The maximum absolute atomic E-state index is 6.08. The molecule has 0 bridgehead atoms. The topological polar surface area (TPSA) is 21.3 Å². The molecule has 17 heavy (non-hydrogen) atoms. The van der Waals surface area contributed by atoms with Crippen LogP contribution in [0.25, 0.3) is 0 Å². The van der Waals surface area contributed by atoms with E-state index >= 15 is 0 Å². The minimum atomic E-state index is 0.194. The van der Waals surface area contributed by atoms with E-state index in [-0.39, 0.29) is 5.60 Å². The Bertz CT molecular complexity index is 231. The van der Waals surface area contributed by atoms with Gasteiger partial charge in [0.05, 0.1) is 12.2 Å². The zero-order valence-electron chi connectivity index (χ0n) is 11.8. The first-order valence-corrected chi connectivity index (χ1v) is 7.03. The van der Waals surface area contributed by atoms with E-state index in [1.54, 1.807) is 0 Å². The van der Waals surface area contributed by atoms with Crippen molar-refractivity contribution >= 4 is 0 Å². The largest absolute Gasteiger partial charge is 0.375 e. The van der Waals surface area contributed by atoms with Crippen LogP contribution < -0.4 is 5.32 Å². The second-order valence-corrected chi connectivity index (χ2v) is 5.94. The van der Waals surface area contributed by atoms with E-state index in [1.807, 2.05) is 0 Å². The van der Waals surface area contributed by atoms with Gasteiger partial charge in [-0.15, -0.1) is 6.58 Å². The van der Waals surface area contributed by atoms with Gasteiger partial charge in [0.1, 0.15) is 0 Å². The van der Waals surface area contributed by atoms with Crippen molar-refractivity contribution in [1.29, 1.82) is 0 Å². The standard InChI is InChI=1S/C15H29NO/c1-13(2)6-11-17-15(7-5-8-15)9-10-16-12-14(3)4/h14,16H,1,5-12H2,2-4H3. The molecule has 1 aliphatic rings. The molecule has 0 spiro atoms. The molecule has 0 saturated heterocycles. The van der Waals surface area contributed by atoms with E-state index in [0.29, 0.717) is 0 Å². The highest BCUT2D eigenvalue weighted by molar-refractivity contribution is 4.92. The highest BCUT2D eigenvalue weighted by Crippen LogP contribution is 2.38. The lowest BCUT2D eigenvalue weighted by Gasteiger charge is -2.42. The molecule has 1 fully saturated rings. The third-order valence-electron chi connectivity index (χ3n) is 3.51. The number of rotatable bonds is 9. The average molecular weight is 239 g/mol. The van der Waals surface area contributed by atoms with E-state index in [1.165, 1.54) is 24.8 Å². The molecule has 0 aromatic heterocycles. The van der Waals surface area contributed by atoms with E-state index < -0.39 is 0 Å². The van der Waals surface area contributed by atoms with Gasteiger partial charge in [-0.3, -0.25) is 0 Å². The molecule has 1 rings (SSSR count). The molecule has 0 heterocycles. The lowest BCUT2D eigenvalue weighted by Crippen LogP contribution is -2.43. The lowest BCUT2D eigenvalue weighted by molar-refractivity contribution is -0.103. The van der Waals surface area contributed by atoms with Crippen molar-refractivity contribution in [2.75, 3.05) is 19.7 Å². The molecule has 0 aromatic carbocycles. The summed E-state index contributed by atoms with van der Waals surface area (Å²) >= 11 is 0. The molecule has 1 aliphatic carbocycles. The second kappa shape index (κ2) is 7.17. The van der Waals surface area contributed by atoms with Gasteiger partial charge >= 0.3 is 0 Å². The summed E-state index contributed by atoms with van der Waals surface area (Å²) in [5, 5.41) is 3.51. The summed E-state index contributed by atoms with van der Waals surface area (Å²) in [5.74, 6) is 0.733. The van der Waals surface area contributed by atoms with Crippen molar-refractivity contribution < 1.29 is 4.74 Å². The Kier molecular flexibility index (Phi) is 6.21. The molecule has 0 aliphatic heterocycles. The van der Waals surface area contributed by atoms with E-state index in [0.717, 1.165) is 38.5 Å². The fourth-order valence-electron chi connectivity index (χ4n) is 2.19. The van der Waals surface area contributed by atoms with Gasteiger partial charge in [0.2, 0.25) is 0 Å². The Balaban J connectivity index is 2.14. The molecule has 0 unspecified atom stereocenters. The Morgan fingerprint density at radius 1 is 1.41 bits per heavy atom. The quantitative estimate of drug-likeness (QED) is 0.491. The van der Waals surface area contributed by atoms with Gasteiger partial charge in [-0.2, -0.15) is 0 Å². The summed E-state index contributed by atoms with van der Waals surface area (Å²) in [4.78, 5) is 0. The first-order chi connectivity index (χ1) is 8.04.